The molecule has 0 spiro atoms. The number of para-hydroxylation sites is 1. The highest BCUT2D eigenvalue weighted by Crippen LogP contribution is 2.05. The fourth-order valence-electron chi connectivity index (χ4n) is 1.02. The number of nitrogens with zero attached hydrogens (tertiary/aromatic N) is 1. The minimum atomic E-state index is -1.00. The molecule has 1 aromatic rings. The van der Waals surface area contributed by atoms with Crippen molar-refractivity contribution in [2.45, 2.75) is 0 Å². The summed E-state index contributed by atoms with van der Waals surface area (Å²) in [5, 5.41) is 13.3. The molecule has 0 atom stereocenters. The first kappa shape index (κ1) is 12.3. The van der Waals surface area contributed by atoms with Crippen LogP contribution in [-0.2, 0) is 4.79 Å². The van der Waals surface area contributed by atoms with E-state index in [1.165, 1.54) is 6.20 Å². The predicted molar refractivity (Wildman–Crippen MR) is 61.5 cm³/mol. The van der Waals surface area contributed by atoms with Gasteiger partial charge in [-0.05, 0) is 12.1 Å². The van der Waals surface area contributed by atoms with Crippen LogP contribution in [0, 0.1) is 11.3 Å². The van der Waals surface area contributed by atoms with Crippen molar-refractivity contribution < 1.29 is 9.59 Å². The normalized spacial score (nSPS) is 10.2. The second-order valence-electron chi connectivity index (χ2n) is 3.00. The summed E-state index contributed by atoms with van der Waals surface area (Å²) >= 11 is 0. The largest absolute Gasteiger partial charge is 0.360 e. The number of anilines is 1. The van der Waals surface area contributed by atoms with Crippen molar-refractivity contribution in [3.05, 3.63) is 42.1 Å². The van der Waals surface area contributed by atoms with Crippen LogP contribution in [0.5, 0.6) is 0 Å². The molecule has 1 aromatic carbocycles. The van der Waals surface area contributed by atoms with Crippen LogP contribution in [0.1, 0.15) is 0 Å². The lowest BCUT2D eigenvalue weighted by molar-refractivity contribution is -0.116. The quantitative estimate of drug-likeness (QED) is 0.524. The van der Waals surface area contributed by atoms with E-state index in [9.17, 15) is 9.59 Å². The maximum Gasteiger partial charge on any atom is 0.319 e. The number of carbonyl (C=O) groups is 2. The second-order valence-corrected chi connectivity index (χ2v) is 3.00. The summed E-state index contributed by atoms with van der Waals surface area (Å²) in [5.41, 5.74) is 5.24. The van der Waals surface area contributed by atoms with E-state index in [1.807, 2.05) is 6.07 Å². The Kier molecular flexibility index (Phi) is 4.27. The fourth-order valence-corrected chi connectivity index (χ4v) is 1.02. The Morgan fingerprint density at radius 1 is 1.29 bits per heavy atom. The van der Waals surface area contributed by atoms with Gasteiger partial charge in [-0.25, -0.2) is 4.79 Å². The molecule has 0 aliphatic rings. The van der Waals surface area contributed by atoms with E-state index in [-0.39, 0.29) is 5.57 Å². The van der Waals surface area contributed by atoms with Crippen LogP contribution >= 0.6 is 0 Å². The number of hydrogen-bond donors (Lipinski definition) is 3. The highest BCUT2D eigenvalue weighted by Gasteiger charge is 2.10. The molecule has 1 rings (SSSR count). The number of imide groups is 1. The monoisotopic (exact) mass is 230 g/mol. The van der Waals surface area contributed by atoms with Gasteiger partial charge in [-0.2, -0.15) is 5.26 Å². The van der Waals surface area contributed by atoms with Gasteiger partial charge in [-0.15, -0.1) is 0 Å². The minimum absolute atomic E-state index is 0.243. The molecule has 0 aliphatic carbocycles. The van der Waals surface area contributed by atoms with Crippen LogP contribution in [-0.4, -0.2) is 11.9 Å². The maximum absolute atomic E-state index is 11.3. The number of carbonyl (C=O) groups excluding carboxylic acids is 2. The highest BCUT2D eigenvalue weighted by molar-refractivity contribution is 6.05. The average molecular weight is 230 g/mol. The Balaban J connectivity index is 2.72. The van der Waals surface area contributed by atoms with Crippen molar-refractivity contribution >= 4 is 17.6 Å². The number of urea groups is 1. The first-order chi connectivity index (χ1) is 8.13. The van der Waals surface area contributed by atoms with Crippen LogP contribution in [0.15, 0.2) is 42.1 Å². The smallest absolute Gasteiger partial charge is 0.319 e. The zero-order chi connectivity index (χ0) is 12.7. The molecule has 0 unspecified atom stereocenters. The van der Waals surface area contributed by atoms with Crippen molar-refractivity contribution in [3.63, 3.8) is 0 Å². The highest BCUT2D eigenvalue weighted by atomic mass is 16.2. The summed E-state index contributed by atoms with van der Waals surface area (Å²) in [6.07, 6.45) is 1.20. The van der Waals surface area contributed by atoms with Crippen molar-refractivity contribution in [2.24, 2.45) is 5.73 Å². The Labute approximate surface area is 97.7 Å². The number of nitriles is 1. The molecule has 0 radical (unpaired) electrons. The molecule has 17 heavy (non-hydrogen) atoms. The van der Waals surface area contributed by atoms with Gasteiger partial charge in [0.1, 0.15) is 11.6 Å². The number of nitrogens with one attached hydrogen (secondary N) is 2. The Morgan fingerprint density at radius 3 is 2.47 bits per heavy atom. The van der Waals surface area contributed by atoms with Gasteiger partial charge in [-0.1, -0.05) is 18.2 Å². The van der Waals surface area contributed by atoms with Gasteiger partial charge in [-0.3, -0.25) is 10.1 Å². The number of rotatable bonds is 3. The molecule has 0 bridgehead atoms. The zero-order valence-electron chi connectivity index (χ0n) is 8.81. The van der Waals surface area contributed by atoms with Gasteiger partial charge < -0.3 is 11.1 Å². The predicted octanol–water partition coefficient (Wildman–Crippen LogP) is 0.701. The third-order valence-electron chi connectivity index (χ3n) is 1.76. The van der Waals surface area contributed by atoms with Crippen molar-refractivity contribution in [3.8, 4) is 6.07 Å². The van der Waals surface area contributed by atoms with E-state index < -0.39 is 11.9 Å². The van der Waals surface area contributed by atoms with Crippen LogP contribution in [0.25, 0.3) is 0 Å². The van der Waals surface area contributed by atoms with Crippen LogP contribution in [0.2, 0.25) is 0 Å². The molecule has 0 saturated carbocycles. The summed E-state index contributed by atoms with van der Waals surface area (Å²) < 4.78 is 0. The molecule has 0 fully saturated rings. The molecule has 3 amide bonds. The first-order valence-electron chi connectivity index (χ1n) is 4.66. The number of hydrogen-bond acceptors (Lipinski definition) is 4. The lowest BCUT2D eigenvalue weighted by Crippen LogP contribution is -2.35. The first-order valence-corrected chi connectivity index (χ1v) is 4.66. The maximum atomic E-state index is 11.3. The molecule has 0 aromatic heterocycles. The SMILES string of the molecule is N#C/C(=C\Nc1ccccc1)C(=O)NC(N)=O. The van der Waals surface area contributed by atoms with Crippen molar-refractivity contribution in [1.82, 2.24) is 5.32 Å². The van der Waals surface area contributed by atoms with Gasteiger partial charge in [0, 0.05) is 11.9 Å². The van der Waals surface area contributed by atoms with Gasteiger partial charge in [0.05, 0.1) is 0 Å². The van der Waals surface area contributed by atoms with Crippen LogP contribution < -0.4 is 16.4 Å². The molecule has 6 nitrogen and oxygen atoms in total. The van der Waals surface area contributed by atoms with E-state index in [0.29, 0.717) is 5.69 Å². The van der Waals surface area contributed by atoms with E-state index >= 15 is 0 Å². The van der Waals surface area contributed by atoms with Crippen LogP contribution in [0.3, 0.4) is 0 Å². The van der Waals surface area contributed by atoms with E-state index in [1.54, 1.807) is 35.7 Å². The van der Waals surface area contributed by atoms with Crippen molar-refractivity contribution in [2.75, 3.05) is 5.32 Å². The summed E-state index contributed by atoms with van der Waals surface area (Å²) in [6, 6.07) is 9.60. The third-order valence-corrected chi connectivity index (χ3v) is 1.76. The summed E-state index contributed by atoms with van der Waals surface area (Å²) in [4.78, 5) is 21.7. The van der Waals surface area contributed by atoms with Gasteiger partial charge in [0.25, 0.3) is 5.91 Å². The molecular formula is C11H10N4O2. The zero-order valence-corrected chi connectivity index (χ0v) is 8.81. The summed E-state index contributed by atoms with van der Waals surface area (Å²) in [5.74, 6) is -0.844. The summed E-state index contributed by atoms with van der Waals surface area (Å²) in [6.45, 7) is 0. The topological polar surface area (TPSA) is 108 Å². The van der Waals surface area contributed by atoms with E-state index in [0.717, 1.165) is 0 Å². The van der Waals surface area contributed by atoms with Crippen molar-refractivity contribution in [1.29, 1.82) is 5.26 Å². The Hall–Kier alpha value is -2.81. The van der Waals surface area contributed by atoms with Gasteiger partial charge in [0.15, 0.2) is 0 Å². The lowest BCUT2D eigenvalue weighted by atomic mass is 10.3. The van der Waals surface area contributed by atoms with E-state index in [2.05, 4.69) is 5.32 Å². The molecule has 0 aliphatic heterocycles. The van der Waals surface area contributed by atoms with Gasteiger partial charge in [0.2, 0.25) is 0 Å². The Bertz CT molecular complexity index is 488. The molecule has 6 heteroatoms. The molecule has 4 N–H and O–H groups in total. The lowest BCUT2D eigenvalue weighted by Gasteiger charge is -2.01. The second kappa shape index (κ2) is 5.92. The molecular weight excluding hydrogens is 220 g/mol. The number of primary amides is 1. The Morgan fingerprint density at radius 2 is 1.94 bits per heavy atom. The standard InChI is InChI=1S/C11H10N4O2/c12-6-8(10(16)15-11(13)17)7-14-9-4-2-1-3-5-9/h1-5,7,14H,(H3,13,15,16,17)/b8-7+. The molecule has 86 valence electrons. The third kappa shape index (κ3) is 4.05. The van der Waals surface area contributed by atoms with E-state index in [4.69, 9.17) is 11.0 Å². The summed E-state index contributed by atoms with van der Waals surface area (Å²) in [7, 11) is 0. The minimum Gasteiger partial charge on any atom is -0.360 e. The average Bonchev–Trinajstić information content (AvgIpc) is 2.30. The molecule has 0 heterocycles. The molecule has 0 saturated heterocycles. The number of nitrogens with two attached hydrogens (primary N) is 1. The number of amides is 3. The van der Waals surface area contributed by atoms with Crippen LogP contribution in [0.4, 0.5) is 10.5 Å². The fraction of sp³-hybridized carbons (Fsp3) is 0. The van der Waals surface area contributed by atoms with Gasteiger partial charge >= 0.3 is 6.03 Å². The number of benzene rings is 1.